The topological polar surface area (TPSA) is 690 Å². The Bertz CT molecular complexity index is 2070. The molecule has 576 valence electrons. The molecule has 0 aromatic heterocycles. The predicted molar refractivity (Wildman–Crippen MR) is 324 cm³/mol. The minimum absolute atomic E-state index is 0.575. The highest BCUT2D eigenvalue weighted by Gasteiger charge is 2.83. The van der Waals surface area contributed by atoms with Gasteiger partial charge in [-0.3, -0.25) is 38.4 Å². The number of rotatable bonds is 48. The number of aliphatic hydroxyl groups excluding tert-OH is 8. The minimum Gasteiger partial charge on any atom is -0.831 e. The van der Waals surface area contributed by atoms with Gasteiger partial charge < -0.3 is 174 Å². The van der Waals surface area contributed by atoms with Crippen LogP contribution in [-0.4, -0.2) is 261 Å². The quantitative estimate of drug-likeness (QED) is 0.0199. The number of hydrogen-bond donors (Lipinski definition) is 16. The first kappa shape index (κ1) is 87.0. The highest BCUT2D eigenvalue weighted by atomic mass is 28.6. The molecule has 6 heterocycles. The SMILES string of the molecule is O=C(CCC([O-])O)NCC[Si]12O[Si]3(CCNC(=O)CCC([O-])O)O[Si]4(CCNC(=O)CCC([O-])O)O[Si](CCNC(=O)CCC([O-])O)(O1)O[Si]1(CCNC(=O)CCC([O-])O)O[Si](CCNC(=O)CCC([O-])O)(O2)O[Si](CCNC(=O)CCC([O-])O)(O3)O[Si](CCNC(=O)CCC([O-])O)(O4)O1. The molecule has 6 fully saturated rings. The first-order valence-corrected chi connectivity index (χ1v) is 47.7. The maximum absolute atomic E-state index is 13.5. The molecule has 0 saturated carbocycles. The Hall–Kier alpha value is -3.62. The van der Waals surface area contributed by atoms with E-state index in [-0.39, 0.29) is 0 Å². The van der Waals surface area contributed by atoms with Crippen LogP contribution in [0.15, 0.2) is 0 Å². The predicted octanol–water partition coefficient (Wildman–Crippen LogP) is -15.6. The summed E-state index contributed by atoms with van der Waals surface area (Å²) in [6, 6.07) is -5.74. The molecule has 8 unspecified atom stereocenters. The van der Waals surface area contributed by atoms with E-state index in [1.807, 2.05) is 0 Å². The summed E-state index contributed by atoms with van der Waals surface area (Å²) in [5, 5.41) is 191. The molecule has 44 nitrogen and oxygen atoms in total. The van der Waals surface area contributed by atoms with Crippen LogP contribution in [0.2, 0.25) is 48.4 Å². The maximum Gasteiger partial charge on any atom is 0.480 e. The zero-order valence-corrected chi connectivity index (χ0v) is 62.3. The van der Waals surface area contributed by atoms with Crippen molar-refractivity contribution in [1.29, 1.82) is 0 Å². The van der Waals surface area contributed by atoms with Gasteiger partial charge in [-0.15, -0.1) is 0 Å². The van der Waals surface area contributed by atoms with Gasteiger partial charge in [-0.2, -0.15) is 0 Å². The standard InChI is InChI=1S/C48H88N8O36Si8/c57-33(1-9-41(65)66)49-17-25-93-81-94(26-18-50-34(58)2-10-42(67)68)84-97(29-21-53-37(61)5-13-45(73)74)86-95(82-93,27-19-51-35(59)3-11-43(69)70)88-99(31-23-55-39(63)7-15-47(77)78)89-96(83-93,28-20-52-36(60)4-12-44(71)72)87-98(85-94,30-22-54-38(62)6-14-46(75)76)91-100(90-97,92-99)32-24-56-40(64)8-16-48(79)80/h41-48,65,67,69,71,73,75,77,79H,1-32H2,(H,49,57)(H,50,58)(H,51,59)(H,52,60)(H,53,61)(H,54,62)(H,55,63)(H,56,64)/q-8. The Morgan fingerprint density at radius 2 is 0.300 bits per heavy atom. The van der Waals surface area contributed by atoms with Gasteiger partial charge in [0, 0.05) is 152 Å². The lowest BCUT2D eigenvalue weighted by Crippen LogP contribution is -2.89. The largest absolute Gasteiger partial charge is 0.831 e. The lowest BCUT2D eigenvalue weighted by atomic mass is 10.3. The Kier molecular flexibility index (Phi) is 35.5. The van der Waals surface area contributed by atoms with E-state index >= 15 is 0 Å². The van der Waals surface area contributed by atoms with Crippen molar-refractivity contribution in [2.75, 3.05) is 52.4 Å². The van der Waals surface area contributed by atoms with Gasteiger partial charge in [0.05, 0.1) is 0 Å². The van der Waals surface area contributed by atoms with Crippen molar-refractivity contribution in [2.45, 2.75) is 201 Å². The van der Waals surface area contributed by atoms with Crippen molar-refractivity contribution < 1.29 is 169 Å². The molecule has 52 heteroatoms. The number of amides is 8. The van der Waals surface area contributed by atoms with E-state index in [1.54, 1.807) is 0 Å². The summed E-state index contributed by atoms with van der Waals surface area (Å²) in [6.45, 7) is -4.88. The highest BCUT2D eigenvalue weighted by Crippen LogP contribution is 2.53. The van der Waals surface area contributed by atoms with Gasteiger partial charge in [0.15, 0.2) is 0 Å². The van der Waals surface area contributed by atoms with Gasteiger partial charge in [-0.1, -0.05) is 0 Å². The Morgan fingerprint density at radius 3 is 0.380 bits per heavy atom. The van der Waals surface area contributed by atoms with E-state index in [4.69, 9.17) is 49.4 Å². The summed E-state index contributed by atoms with van der Waals surface area (Å²) in [5.41, 5.74) is 0. The molecule has 6 aliphatic heterocycles. The van der Waals surface area contributed by atoms with Gasteiger partial charge in [0.1, 0.15) is 0 Å². The molecule has 100 heavy (non-hydrogen) atoms. The van der Waals surface area contributed by atoms with Crippen LogP contribution in [0.4, 0.5) is 0 Å². The molecule has 6 saturated heterocycles. The smallest absolute Gasteiger partial charge is 0.480 e. The van der Waals surface area contributed by atoms with E-state index in [0.717, 1.165) is 0 Å². The third-order valence-electron chi connectivity index (χ3n) is 14.7. The van der Waals surface area contributed by atoms with Gasteiger partial charge in [0.2, 0.25) is 47.3 Å². The van der Waals surface area contributed by atoms with E-state index in [1.165, 1.54) is 0 Å². The molecule has 0 aliphatic carbocycles. The summed E-state index contributed by atoms with van der Waals surface area (Å²) in [7, 11) is -43.8. The third kappa shape index (κ3) is 30.5. The monoisotopic (exact) mass is 1580 g/mol. The normalized spacial score (nSPS) is 29.1. The van der Waals surface area contributed by atoms with Crippen LogP contribution in [0.25, 0.3) is 0 Å². The first-order valence-electron chi connectivity index (χ1n) is 32.2. The zero-order valence-electron chi connectivity index (χ0n) is 54.3. The third-order valence-corrected chi connectivity index (χ3v) is 51.5. The van der Waals surface area contributed by atoms with Crippen LogP contribution in [0, 0.1) is 0 Å². The molecule has 0 spiro atoms. The second-order valence-electron chi connectivity index (χ2n) is 23.4. The first-order chi connectivity index (χ1) is 47.0. The van der Waals surface area contributed by atoms with Crippen LogP contribution in [0.1, 0.15) is 103 Å². The summed E-state index contributed by atoms with van der Waals surface area (Å²) < 4.78 is 88.7. The molecule has 6 rings (SSSR count). The molecule has 0 radical (unpaired) electrons. The molecular weight excluding hydrogens is 1490 g/mol. The lowest BCUT2D eigenvalue weighted by Gasteiger charge is -2.63. The van der Waals surface area contributed by atoms with E-state index < -0.39 is 371 Å². The molecule has 16 N–H and O–H groups in total. The molecule has 8 atom stereocenters. The van der Waals surface area contributed by atoms with Crippen molar-refractivity contribution in [3.63, 3.8) is 0 Å². The van der Waals surface area contributed by atoms with Crippen LogP contribution >= 0.6 is 0 Å². The number of carbonyl (C=O) groups is 8. The second kappa shape index (κ2) is 40.8. The Labute approximate surface area is 581 Å². The number of nitrogens with one attached hydrogen (secondary N) is 8. The average molecular weight is 1580 g/mol. The molecule has 8 amide bonds. The summed E-state index contributed by atoms with van der Waals surface area (Å²) in [6.07, 6.45) is -27.0. The van der Waals surface area contributed by atoms with Crippen LogP contribution in [-0.2, 0) is 87.7 Å². The lowest BCUT2D eigenvalue weighted by molar-refractivity contribution is -0.483. The number of hydrogen-bond acceptors (Lipinski definition) is 36. The summed E-state index contributed by atoms with van der Waals surface area (Å²) >= 11 is 0. The summed E-state index contributed by atoms with van der Waals surface area (Å²) in [4.78, 5) is 108. The average Bonchev–Trinajstić information content (AvgIpc) is 0.688. The zero-order chi connectivity index (χ0) is 74.0. The Morgan fingerprint density at radius 1 is 0.210 bits per heavy atom. The van der Waals surface area contributed by atoms with Crippen molar-refractivity contribution in [1.82, 2.24) is 42.5 Å². The highest BCUT2D eigenvalue weighted by molar-refractivity contribution is 7.03. The second-order valence-corrected chi connectivity index (χ2v) is 48.2. The molecule has 0 aromatic carbocycles. The fourth-order valence-corrected chi connectivity index (χ4v) is 59.1. The fourth-order valence-electron chi connectivity index (χ4n) is 10.2. The van der Waals surface area contributed by atoms with E-state index in [2.05, 4.69) is 42.5 Å². The van der Waals surface area contributed by atoms with Gasteiger partial charge in [-0.05, 0) is 102 Å². The van der Waals surface area contributed by atoms with Gasteiger partial charge in [-0.25, -0.2) is 0 Å². The minimum atomic E-state index is -5.48. The molecule has 6 aliphatic rings. The van der Waals surface area contributed by atoms with Crippen LogP contribution in [0.3, 0.4) is 0 Å². The fraction of sp³-hybridized carbons (Fsp3) is 0.833. The van der Waals surface area contributed by atoms with Crippen LogP contribution in [0.5, 0.6) is 0 Å². The molecular formula is C48H88N8O36Si8-8. The van der Waals surface area contributed by atoms with Crippen molar-refractivity contribution in [2.24, 2.45) is 0 Å². The van der Waals surface area contributed by atoms with Gasteiger partial charge >= 0.3 is 70.4 Å². The Balaban J connectivity index is 1.96. The van der Waals surface area contributed by atoms with E-state index in [9.17, 15) is 120 Å². The maximum atomic E-state index is 13.5. The number of carbonyl (C=O) groups excluding carboxylic acids is 8. The van der Waals surface area contributed by atoms with Crippen molar-refractivity contribution >= 4 is 118 Å². The number of aliphatic hydroxyl groups is 8. The molecule has 0 aromatic rings. The van der Waals surface area contributed by atoms with Crippen molar-refractivity contribution in [3.05, 3.63) is 0 Å². The van der Waals surface area contributed by atoms with Crippen LogP contribution < -0.4 is 83.4 Å². The van der Waals surface area contributed by atoms with Crippen molar-refractivity contribution in [3.8, 4) is 0 Å². The van der Waals surface area contributed by atoms with E-state index in [0.29, 0.717) is 0 Å². The molecule has 8 bridgehead atoms. The summed E-state index contributed by atoms with van der Waals surface area (Å²) in [5.74, 6) is -6.86. The van der Waals surface area contributed by atoms with Gasteiger partial charge in [0.25, 0.3) is 0 Å².